The highest BCUT2D eigenvalue weighted by atomic mass is 16.4. The van der Waals surface area contributed by atoms with E-state index < -0.39 is 5.97 Å². The number of carboxylic acid groups (broad SMARTS) is 1. The second-order valence-electron chi connectivity index (χ2n) is 7.62. The van der Waals surface area contributed by atoms with Gasteiger partial charge in [-0.25, -0.2) is 0 Å². The van der Waals surface area contributed by atoms with Crippen molar-refractivity contribution in [1.82, 2.24) is 0 Å². The zero-order chi connectivity index (χ0) is 18.5. The van der Waals surface area contributed by atoms with Crippen LogP contribution in [0.1, 0.15) is 90.4 Å². The maximum absolute atomic E-state index is 10.5. The minimum absolute atomic E-state index is 0.227. The fourth-order valence-electron chi connectivity index (χ4n) is 3.88. The van der Waals surface area contributed by atoms with E-state index in [2.05, 4.69) is 13.0 Å². The summed E-state index contributed by atoms with van der Waals surface area (Å²) in [5.74, 6) is -0.0491. The van der Waals surface area contributed by atoms with Crippen molar-refractivity contribution < 1.29 is 20.1 Å². The molecule has 25 heavy (non-hydrogen) atoms. The predicted octanol–water partition coefficient (Wildman–Crippen LogP) is 4.69. The average molecular weight is 355 g/mol. The van der Waals surface area contributed by atoms with Crippen molar-refractivity contribution in [3.8, 4) is 0 Å². The van der Waals surface area contributed by atoms with Gasteiger partial charge in [-0.2, -0.15) is 0 Å². The molecule has 4 heteroatoms. The van der Waals surface area contributed by atoms with E-state index in [1.165, 1.54) is 19.3 Å². The normalized spacial score (nSPS) is 24.8. The summed E-state index contributed by atoms with van der Waals surface area (Å²) >= 11 is 0. The van der Waals surface area contributed by atoms with Gasteiger partial charge in [0.2, 0.25) is 0 Å². The van der Waals surface area contributed by atoms with E-state index >= 15 is 0 Å². The average Bonchev–Trinajstić information content (AvgIpc) is 2.93. The molecule has 3 N–H and O–H groups in total. The largest absolute Gasteiger partial charge is 0.481 e. The number of unbranched alkanes of at least 4 members (excludes halogenated alkanes) is 6. The van der Waals surface area contributed by atoms with Gasteiger partial charge in [-0.1, -0.05) is 64.0 Å². The van der Waals surface area contributed by atoms with Crippen molar-refractivity contribution >= 4 is 5.97 Å². The number of allylic oxidation sites excluding steroid dienone is 1. The standard InChI is InChI=1S/C21H38O4/c1-2-3-4-7-10-18(22)15-13-17-14-16-20(23)19(17)11-8-5-6-9-12-21(24)25/h13,15,17-20,22-23H,2-12,14,16H2,1H3,(H,24,25)/b15-13+. The van der Waals surface area contributed by atoms with Crippen LogP contribution in [0.2, 0.25) is 0 Å². The zero-order valence-corrected chi connectivity index (χ0v) is 15.9. The molecule has 0 aromatic heterocycles. The molecule has 0 bridgehead atoms. The maximum atomic E-state index is 10.5. The molecule has 0 aromatic rings. The fraction of sp³-hybridized carbons (Fsp3) is 0.857. The number of carboxylic acids is 1. The first kappa shape index (κ1) is 22.2. The van der Waals surface area contributed by atoms with Crippen molar-refractivity contribution in [1.29, 1.82) is 0 Å². The Bertz CT molecular complexity index is 380. The molecule has 0 aliphatic heterocycles. The van der Waals surface area contributed by atoms with Crippen LogP contribution in [-0.2, 0) is 4.79 Å². The molecule has 1 fully saturated rings. The molecule has 4 atom stereocenters. The highest BCUT2D eigenvalue weighted by Gasteiger charge is 2.32. The molecule has 4 nitrogen and oxygen atoms in total. The van der Waals surface area contributed by atoms with Crippen LogP contribution in [0.5, 0.6) is 0 Å². The van der Waals surface area contributed by atoms with Gasteiger partial charge >= 0.3 is 5.97 Å². The second-order valence-corrected chi connectivity index (χ2v) is 7.62. The molecule has 0 heterocycles. The SMILES string of the molecule is CCCCCCC(O)/C=C/C1CCC(O)C1CCCCCCC(=O)O. The lowest BCUT2D eigenvalue weighted by Gasteiger charge is -2.20. The second kappa shape index (κ2) is 13.3. The third-order valence-electron chi connectivity index (χ3n) is 5.45. The van der Waals surface area contributed by atoms with Gasteiger partial charge in [0, 0.05) is 6.42 Å². The van der Waals surface area contributed by atoms with Crippen molar-refractivity contribution in [3.05, 3.63) is 12.2 Å². The van der Waals surface area contributed by atoms with E-state index in [4.69, 9.17) is 5.11 Å². The van der Waals surface area contributed by atoms with Gasteiger partial charge in [0.05, 0.1) is 12.2 Å². The molecular formula is C21H38O4. The topological polar surface area (TPSA) is 77.8 Å². The summed E-state index contributed by atoms with van der Waals surface area (Å²) in [6.45, 7) is 2.19. The molecule has 0 amide bonds. The quantitative estimate of drug-likeness (QED) is 0.312. The molecule has 4 unspecified atom stereocenters. The van der Waals surface area contributed by atoms with Crippen LogP contribution in [0.4, 0.5) is 0 Å². The van der Waals surface area contributed by atoms with Crippen LogP contribution >= 0.6 is 0 Å². The summed E-state index contributed by atoms with van der Waals surface area (Å²) in [6, 6.07) is 0. The molecule has 1 aliphatic carbocycles. The lowest BCUT2D eigenvalue weighted by molar-refractivity contribution is -0.137. The zero-order valence-electron chi connectivity index (χ0n) is 15.9. The van der Waals surface area contributed by atoms with Crippen LogP contribution in [0.3, 0.4) is 0 Å². The van der Waals surface area contributed by atoms with Crippen molar-refractivity contribution in [3.63, 3.8) is 0 Å². The fourth-order valence-corrected chi connectivity index (χ4v) is 3.88. The molecular weight excluding hydrogens is 316 g/mol. The first-order chi connectivity index (χ1) is 12.0. The smallest absolute Gasteiger partial charge is 0.303 e. The van der Waals surface area contributed by atoms with E-state index in [0.29, 0.717) is 11.8 Å². The van der Waals surface area contributed by atoms with Crippen molar-refractivity contribution in [2.75, 3.05) is 0 Å². The summed E-state index contributed by atoms with van der Waals surface area (Å²) in [5, 5.41) is 28.9. The third-order valence-corrected chi connectivity index (χ3v) is 5.45. The molecule has 0 spiro atoms. The first-order valence-corrected chi connectivity index (χ1v) is 10.3. The highest BCUT2D eigenvalue weighted by molar-refractivity contribution is 5.66. The number of aliphatic carboxylic acids is 1. The minimum Gasteiger partial charge on any atom is -0.481 e. The van der Waals surface area contributed by atoms with Gasteiger partial charge in [0.1, 0.15) is 0 Å². The summed E-state index contributed by atoms with van der Waals surface area (Å²) in [5.41, 5.74) is 0. The number of hydrogen-bond donors (Lipinski definition) is 3. The van der Waals surface area contributed by atoms with Gasteiger partial charge in [-0.15, -0.1) is 0 Å². The van der Waals surface area contributed by atoms with Crippen LogP contribution < -0.4 is 0 Å². The number of hydrogen-bond acceptors (Lipinski definition) is 3. The summed E-state index contributed by atoms with van der Waals surface area (Å²) in [7, 11) is 0. The lowest BCUT2D eigenvalue weighted by atomic mass is 9.88. The monoisotopic (exact) mass is 354 g/mol. The predicted molar refractivity (Wildman–Crippen MR) is 101 cm³/mol. The van der Waals surface area contributed by atoms with Crippen LogP contribution in [-0.4, -0.2) is 33.5 Å². The number of rotatable bonds is 14. The number of aliphatic hydroxyl groups excluding tert-OH is 2. The van der Waals surface area contributed by atoms with Gasteiger partial charge < -0.3 is 15.3 Å². The van der Waals surface area contributed by atoms with E-state index in [-0.39, 0.29) is 18.6 Å². The van der Waals surface area contributed by atoms with E-state index in [9.17, 15) is 15.0 Å². The van der Waals surface area contributed by atoms with E-state index in [1.807, 2.05) is 6.08 Å². The molecule has 0 radical (unpaired) electrons. The Morgan fingerprint density at radius 3 is 2.52 bits per heavy atom. The van der Waals surface area contributed by atoms with E-state index in [1.54, 1.807) is 0 Å². The van der Waals surface area contributed by atoms with Crippen molar-refractivity contribution in [2.24, 2.45) is 11.8 Å². The molecule has 0 saturated heterocycles. The van der Waals surface area contributed by atoms with Crippen LogP contribution in [0, 0.1) is 11.8 Å². The van der Waals surface area contributed by atoms with Crippen molar-refractivity contribution in [2.45, 2.75) is 103 Å². The Labute approximate surface area is 153 Å². The molecule has 1 rings (SSSR count). The highest BCUT2D eigenvalue weighted by Crippen LogP contribution is 2.36. The van der Waals surface area contributed by atoms with Gasteiger partial charge in [0.15, 0.2) is 0 Å². The Kier molecular flexibility index (Phi) is 11.8. The maximum Gasteiger partial charge on any atom is 0.303 e. The van der Waals surface area contributed by atoms with Crippen LogP contribution in [0.15, 0.2) is 12.2 Å². The first-order valence-electron chi connectivity index (χ1n) is 10.3. The Hall–Kier alpha value is -0.870. The summed E-state index contributed by atoms with van der Waals surface area (Å²) in [6.07, 6.45) is 15.9. The van der Waals surface area contributed by atoms with Gasteiger partial charge in [0.25, 0.3) is 0 Å². The number of aliphatic hydroxyl groups is 2. The van der Waals surface area contributed by atoms with Gasteiger partial charge in [-0.05, 0) is 43.9 Å². The Morgan fingerprint density at radius 1 is 1.08 bits per heavy atom. The molecule has 146 valence electrons. The molecule has 0 aromatic carbocycles. The minimum atomic E-state index is -0.718. The van der Waals surface area contributed by atoms with E-state index in [0.717, 1.165) is 57.8 Å². The molecule has 1 saturated carbocycles. The lowest BCUT2D eigenvalue weighted by Crippen LogP contribution is -2.18. The number of carbonyl (C=O) groups is 1. The Morgan fingerprint density at radius 2 is 1.80 bits per heavy atom. The Balaban J connectivity index is 2.25. The van der Waals surface area contributed by atoms with Crippen LogP contribution in [0.25, 0.3) is 0 Å². The molecule has 1 aliphatic rings. The summed E-state index contributed by atoms with van der Waals surface area (Å²) < 4.78 is 0. The van der Waals surface area contributed by atoms with Gasteiger partial charge in [-0.3, -0.25) is 4.79 Å². The third kappa shape index (κ3) is 10.0. The summed E-state index contributed by atoms with van der Waals surface area (Å²) in [4.78, 5) is 10.5.